The number of halogens is 1. The SMILES string of the molecule is CC(C)(C)n1cc(CNCCSCCCO)c(-c2ccccc2Cl)n1. The topological polar surface area (TPSA) is 50.1 Å². The van der Waals surface area contributed by atoms with Crippen molar-refractivity contribution in [2.24, 2.45) is 0 Å². The molecule has 0 aliphatic heterocycles. The number of hydrogen-bond donors (Lipinski definition) is 2. The van der Waals surface area contributed by atoms with Crippen molar-refractivity contribution in [3.63, 3.8) is 0 Å². The number of aliphatic hydroxyl groups excluding tert-OH is 1. The summed E-state index contributed by atoms with van der Waals surface area (Å²) in [7, 11) is 0. The van der Waals surface area contributed by atoms with Crippen molar-refractivity contribution in [2.75, 3.05) is 24.7 Å². The lowest BCUT2D eigenvalue weighted by Crippen LogP contribution is -2.22. The van der Waals surface area contributed by atoms with Crippen LogP contribution in [-0.2, 0) is 12.1 Å². The van der Waals surface area contributed by atoms with E-state index in [0.717, 1.165) is 52.9 Å². The molecule has 2 N–H and O–H groups in total. The molecule has 1 heterocycles. The summed E-state index contributed by atoms with van der Waals surface area (Å²) in [4.78, 5) is 0. The first-order valence-electron chi connectivity index (χ1n) is 8.66. The molecule has 0 amide bonds. The Hall–Kier alpha value is -1.01. The normalized spacial score (nSPS) is 11.9. The predicted octanol–water partition coefficient (Wildman–Crippen LogP) is 4.16. The zero-order valence-corrected chi connectivity index (χ0v) is 16.8. The Kier molecular flexibility index (Phi) is 7.81. The van der Waals surface area contributed by atoms with E-state index in [1.807, 2.05) is 40.7 Å². The van der Waals surface area contributed by atoms with Gasteiger partial charge in [-0.1, -0.05) is 29.8 Å². The number of rotatable bonds is 9. The average molecular weight is 382 g/mol. The summed E-state index contributed by atoms with van der Waals surface area (Å²) in [6, 6.07) is 7.86. The largest absolute Gasteiger partial charge is 0.396 e. The molecule has 25 heavy (non-hydrogen) atoms. The summed E-state index contributed by atoms with van der Waals surface area (Å²) in [5.41, 5.74) is 3.00. The van der Waals surface area contributed by atoms with Crippen molar-refractivity contribution in [1.29, 1.82) is 0 Å². The van der Waals surface area contributed by atoms with Crippen LogP contribution in [-0.4, -0.2) is 39.5 Å². The first kappa shape index (κ1) is 20.3. The second kappa shape index (κ2) is 9.62. The molecule has 138 valence electrons. The van der Waals surface area contributed by atoms with Gasteiger partial charge in [-0.15, -0.1) is 0 Å². The Morgan fingerprint density at radius 2 is 2.00 bits per heavy atom. The number of aromatic nitrogens is 2. The quantitative estimate of drug-likeness (QED) is 0.640. The lowest BCUT2D eigenvalue weighted by molar-refractivity contribution is 0.296. The maximum atomic E-state index is 8.80. The molecule has 0 saturated heterocycles. The molecule has 0 radical (unpaired) electrons. The molecule has 2 rings (SSSR count). The summed E-state index contributed by atoms with van der Waals surface area (Å²) in [6.45, 7) is 8.39. The zero-order chi connectivity index (χ0) is 18.3. The number of nitrogens with one attached hydrogen (secondary N) is 1. The van der Waals surface area contributed by atoms with Gasteiger partial charge in [0.15, 0.2) is 0 Å². The van der Waals surface area contributed by atoms with Crippen molar-refractivity contribution in [3.05, 3.63) is 41.0 Å². The van der Waals surface area contributed by atoms with E-state index < -0.39 is 0 Å². The molecule has 2 aromatic rings. The van der Waals surface area contributed by atoms with Crippen LogP contribution in [0.1, 0.15) is 32.8 Å². The summed E-state index contributed by atoms with van der Waals surface area (Å²) in [5, 5.41) is 17.8. The number of benzene rings is 1. The van der Waals surface area contributed by atoms with E-state index in [9.17, 15) is 0 Å². The first-order chi connectivity index (χ1) is 11.9. The van der Waals surface area contributed by atoms with Crippen LogP contribution in [0, 0.1) is 0 Å². The third-order valence-electron chi connectivity index (χ3n) is 3.79. The minimum atomic E-state index is -0.0750. The number of hydrogen-bond acceptors (Lipinski definition) is 4. The molecule has 0 aliphatic carbocycles. The smallest absolute Gasteiger partial charge is 0.0983 e. The van der Waals surface area contributed by atoms with Crippen LogP contribution < -0.4 is 5.32 Å². The molecular formula is C19H28ClN3OS. The third-order valence-corrected chi connectivity index (χ3v) is 5.19. The van der Waals surface area contributed by atoms with Crippen molar-refractivity contribution >= 4 is 23.4 Å². The van der Waals surface area contributed by atoms with Gasteiger partial charge < -0.3 is 10.4 Å². The second-order valence-corrected chi connectivity index (χ2v) is 8.60. The van der Waals surface area contributed by atoms with Gasteiger partial charge in [0.05, 0.1) is 16.3 Å². The Morgan fingerprint density at radius 3 is 2.68 bits per heavy atom. The molecule has 0 atom stereocenters. The van der Waals surface area contributed by atoms with Gasteiger partial charge >= 0.3 is 0 Å². The number of thioether (sulfide) groups is 1. The molecule has 0 aliphatic rings. The fourth-order valence-corrected chi connectivity index (χ4v) is 3.45. The first-order valence-corrected chi connectivity index (χ1v) is 10.2. The fraction of sp³-hybridized carbons (Fsp3) is 0.526. The molecule has 4 nitrogen and oxygen atoms in total. The minimum absolute atomic E-state index is 0.0750. The summed E-state index contributed by atoms with van der Waals surface area (Å²) in [6.07, 6.45) is 2.98. The van der Waals surface area contributed by atoms with Crippen LogP contribution in [0.2, 0.25) is 5.02 Å². The van der Waals surface area contributed by atoms with Gasteiger partial charge in [-0.05, 0) is 39.0 Å². The van der Waals surface area contributed by atoms with E-state index in [4.69, 9.17) is 21.8 Å². The van der Waals surface area contributed by atoms with Crippen LogP contribution >= 0.6 is 23.4 Å². The zero-order valence-electron chi connectivity index (χ0n) is 15.3. The highest BCUT2D eigenvalue weighted by molar-refractivity contribution is 7.99. The van der Waals surface area contributed by atoms with Crippen LogP contribution in [0.3, 0.4) is 0 Å². The van der Waals surface area contributed by atoms with Crippen molar-refractivity contribution in [2.45, 2.75) is 39.3 Å². The standard InChI is InChI=1S/C19H28ClN3OS/c1-19(2,3)23-14-15(13-21-9-12-25-11-6-10-24)18(22-23)16-7-4-5-8-17(16)20/h4-5,7-8,14,21,24H,6,9-13H2,1-3H3. The van der Waals surface area contributed by atoms with E-state index >= 15 is 0 Å². The van der Waals surface area contributed by atoms with Crippen molar-refractivity contribution < 1.29 is 5.11 Å². The second-order valence-electron chi connectivity index (χ2n) is 6.96. The van der Waals surface area contributed by atoms with E-state index in [0.29, 0.717) is 0 Å². The number of nitrogens with zero attached hydrogens (tertiary/aromatic N) is 2. The van der Waals surface area contributed by atoms with Gasteiger partial charge in [-0.3, -0.25) is 4.68 Å². The molecular weight excluding hydrogens is 354 g/mol. The Labute approximate surface area is 160 Å². The van der Waals surface area contributed by atoms with Crippen molar-refractivity contribution in [1.82, 2.24) is 15.1 Å². The van der Waals surface area contributed by atoms with Crippen LogP contribution in [0.15, 0.2) is 30.5 Å². The highest BCUT2D eigenvalue weighted by atomic mass is 35.5. The van der Waals surface area contributed by atoms with Gasteiger partial charge in [0.2, 0.25) is 0 Å². The van der Waals surface area contributed by atoms with Gasteiger partial charge in [0, 0.05) is 42.8 Å². The highest BCUT2D eigenvalue weighted by Gasteiger charge is 2.19. The number of aliphatic hydroxyl groups is 1. The monoisotopic (exact) mass is 381 g/mol. The summed E-state index contributed by atoms with van der Waals surface area (Å²) in [5.74, 6) is 2.04. The van der Waals surface area contributed by atoms with Gasteiger partial charge in [-0.2, -0.15) is 16.9 Å². The fourth-order valence-electron chi connectivity index (χ4n) is 2.40. The maximum Gasteiger partial charge on any atom is 0.0983 e. The molecule has 0 unspecified atom stereocenters. The van der Waals surface area contributed by atoms with Gasteiger partial charge in [0.1, 0.15) is 0 Å². The lowest BCUT2D eigenvalue weighted by atomic mass is 10.1. The predicted molar refractivity (Wildman–Crippen MR) is 108 cm³/mol. The van der Waals surface area contributed by atoms with E-state index in [2.05, 4.69) is 32.3 Å². The van der Waals surface area contributed by atoms with Crippen LogP contribution in [0.4, 0.5) is 0 Å². The van der Waals surface area contributed by atoms with E-state index in [1.54, 1.807) is 0 Å². The Bertz CT molecular complexity index is 667. The van der Waals surface area contributed by atoms with E-state index in [-0.39, 0.29) is 12.1 Å². The summed E-state index contributed by atoms with van der Waals surface area (Å²) < 4.78 is 2.01. The minimum Gasteiger partial charge on any atom is -0.396 e. The molecule has 1 aromatic carbocycles. The molecule has 0 saturated carbocycles. The average Bonchev–Trinajstić information content (AvgIpc) is 2.99. The third kappa shape index (κ3) is 6.03. The van der Waals surface area contributed by atoms with Crippen molar-refractivity contribution in [3.8, 4) is 11.3 Å². The van der Waals surface area contributed by atoms with Crippen LogP contribution in [0.25, 0.3) is 11.3 Å². The maximum absolute atomic E-state index is 8.80. The lowest BCUT2D eigenvalue weighted by Gasteiger charge is -2.18. The molecule has 0 fully saturated rings. The van der Waals surface area contributed by atoms with Gasteiger partial charge in [0.25, 0.3) is 0 Å². The molecule has 0 spiro atoms. The molecule has 6 heteroatoms. The summed E-state index contributed by atoms with van der Waals surface area (Å²) >= 11 is 8.25. The molecule has 0 bridgehead atoms. The van der Waals surface area contributed by atoms with E-state index in [1.165, 1.54) is 0 Å². The highest BCUT2D eigenvalue weighted by Crippen LogP contribution is 2.30. The molecule has 1 aromatic heterocycles. The van der Waals surface area contributed by atoms with Gasteiger partial charge in [-0.25, -0.2) is 0 Å². The Balaban J connectivity index is 2.08. The Morgan fingerprint density at radius 1 is 1.24 bits per heavy atom. The van der Waals surface area contributed by atoms with Crippen LogP contribution in [0.5, 0.6) is 0 Å².